The molecule has 1 heterocycles. The molecule has 0 atom stereocenters. The Balaban J connectivity index is 2.47. The van der Waals surface area contributed by atoms with E-state index in [1.54, 1.807) is 0 Å². The molecule has 0 saturated carbocycles. The summed E-state index contributed by atoms with van der Waals surface area (Å²) in [5.41, 5.74) is 7.98. The molecule has 0 saturated heterocycles. The summed E-state index contributed by atoms with van der Waals surface area (Å²) in [6, 6.07) is 6.23. The predicted molar refractivity (Wildman–Crippen MR) is 83.8 cm³/mol. The van der Waals surface area contributed by atoms with E-state index in [1.807, 2.05) is 19.9 Å². The third-order valence-electron chi connectivity index (χ3n) is 2.66. The second-order valence-corrected chi connectivity index (χ2v) is 5.60. The molecule has 3 nitrogen and oxygen atoms in total. The van der Waals surface area contributed by atoms with Crippen LogP contribution in [0.15, 0.2) is 28.7 Å². The smallest absolute Gasteiger partial charge is 0.229 e. The fraction of sp³-hybridized carbons (Fsp3) is 0.143. The number of benzene rings is 1. The van der Waals surface area contributed by atoms with Crippen LogP contribution in [0.2, 0.25) is 0 Å². The number of ether oxygens (including phenoxy) is 1. The van der Waals surface area contributed by atoms with Crippen molar-refractivity contribution in [2.45, 2.75) is 13.8 Å². The largest absolute Gasteiger partial charge is 0.438 e. The average Bonchev–Trinajstić information content (AvgIpc) is 2.32. The molecule has 0 amide bonds. The van der Waals surface area contributed by atoms with Crippen molar-refractivity contribution in [1.82, 2.24) is 4.98 Å². The van der Waals surface area contributed by atoms with Crippen LogP contribution in [0.3, 0.4) is 0 Å². The molecule has 20 heavy (non-hydrogen) atoms. The van der Waals surface area contributed by atoms with Gasteiger partial charge in [0.1, 0.15) is 16.6 Å². The van der Waals surface area contributed by atoms with Gasteiger partial charge in [-0.3, -0.25) is 0 Å². The third kappa shape index (κ3) is 3.13. The lowest BCUT2D eigenvalue weighted by Gasteiger charge is -2.13. The lowest BCUT2D eigenvalue weighted by atomic mass is 10.1. The maximum atomic E-state index is 13.2. The summed E-state index contributed by atoms with van der Waals surface area (Å²) in [6.07, 6.45) is 0. The molecule has 0 spiro atoms. The van der Waals surface area contributed by atoms with Crippen LogP contribution >= 0.6 is 28.1 Å². The first-order valence-corrected chi connectivity index (χ1v) is 6.99. The highest BCUT2D eigenvalue weighted by Gasteiger charge is 2.14. The Labute approximate surface area is 130 Å². The first kappa shape index (κ1) is 14.9. The van der Waals surface area contributed by atoms with Crippen LogP contribution in [0.1, 0.15) is 16.8 Å². The number of rotatable bonds is 3. The van der Waals surface area contributed by atoms with Gasteiger partial charge in [0, 0.05) is 5.69 Å². The van der Waals surface area contributed by atoms with Crippen molar-refractivity contribution in [2.75, 3.05) is 0 Å². The van der Waals surface area contributed by atoms with Gasteiger partial charge in [-0.2, -0.15) is 0 Å². The van der Waals surface area contributed by atoms with Gasteiger partial charge in [0.2, 0.25) is 5.88 Å². The van der Waals surface area contributed by atoms with E-state index in [4.69, 9.17) is 22.7 Å². The van der Waals surface area contributed by atoms with Crippen molar-refractivity contribution < 1.29 is 9.13 Å². The van der Waals surface area contributed by atoms with Gasteiger partial charge in [-0.15, -0.1) is 0 Å². The summed E-state index contributed by atoms with van der Waals surface area (Å²) in [6.45, 7) is 3.74. The molecule has 0 aliphatic rings. The second kappa shape index (κ2) is 5.85. The van der Waals surface area contributed by atoms with E-state index < -0.39 is 0 Å². The molecule has 0 aliphatic carbocycles. The molecule has 1 aromatic heterocycles. The zero-order valence-corrected chi connectivity index (χ0v) is 13.3. The van der Waals surface area contributed by atoms with Gasteiger partial charge < -0.3 is 10.5 Å². The zero-order chi connectivity index (χ0) is 14.9. The molecule has 6 heteroatoms. The Bertz CT molecular complexity index is 691. The number of aryl methyl sites for hydroxylation is 2. The molecule has 0 aliphatic heterocycles. The van der Waals surface area contributed by atoms with Gasteiger partial charge in [0.05, 0.1) is 10.0 Å². The lowest BCUT2D eigenvalue weighted by Crippen LogP contribution is -2.14. The van der Waals surface area contributed by atoms with Crippen LogP contribution in [0.4, 0.5) is 4.39 Å². The second-order valence-electron chi connectivity index (χ2n) is 4.30. The van der Waals surface area contributed by atoms with Crippen molar-refractivity contribution >= 4 is 33.1 Å². The minimum absolute atomic E-state index is 0.214. The topological polar surface area (TPSA) is 48.1 Å². The van der Waals surface area contributed by atoms with Crippen LogP contribution < -0.4 is 10.5 Å². The molecule has 2 N–H and O–H groups in total. The Morgan fingerprint density at radius 3 is 2.65 bits per heavy atom. The number of aromatic nitrogens is 1. The van der Waals surface area contributed by atoms with Gasteiger partial charge in [-0.25, -0.2) is 9.37 Å². The lowest BCUT2D eigenvalue weighted by molar-refractivity contribution is 0.458. The average molecular weight is 355 g/mol. The highest BCUT2D eigenvalue weighted by molar-refractivity contribution is 9.10. The van der Waals surface area contributed by atoms with E-state index in [0.29, 0.717) is 21.7 Å². The summed E-state index contributed by atoms with van der Waals surface area (Å²) >= 11 is 8.14. The van der Waals surface area contributed by atoms with Gasteiger partial charge >= 0.3 is 0 Å². The maximum Gasteiger partial charge on any atom is 0.229 e. The van der Waals surface area contributed by atoms with Crippen LogP contribution in [0.25, 0.3) is 0 Å². The Hall–Kier alpha value is -1.53. The summed E-state index contributed by atoms with van der Waals surface area (Å²) in [7, 11) is 0. The molecule has 2 aromatic rings. The van der Waals surface area contributed by atoms with Crippen molar-refractivity contribution in [2.24, 2.45) is 5.73 Å². The Morgan fingerprint density at radius 1 is 1.35 bits per heavy atom. The first-order valence-electron chi connectivity index (χ1n) is 5.79. The number of hydrogen-bond donors (Lipinski definition) is 1. The molecule has 104 valence electrons. The van der Waals surface area contributed by atoms with Crippen molar-refractivity contribution in [1.29, 1.82) is 0 Å². The van der Waals surface area contributed by atoms with Crippen LogP contribution in [0.5, 0.6) is 11.6 Å². The summed E-state index contributed by atoms with van der Waals surface area (Å²) in [4.78, 5) is 4.52. The molecule has 1 aromatic carbocycles. The highest BCUT2D eigenvalue weighted by atomic mass is 79.9. The predicted octanol–water partition coefficient (Wildman–Crippen LogP) is 4.03. The van der Waals surface area contributed by atoms with Gasteiger partial charge in [0.15, 0.2) is 0 Å². The van der Waals surface area contributed by atoms with Gasteiger partial charge in [-0.05, 0) is 59.6 Å². The van der Waals surface area contributed by atoms with Crippen molar-refractivity contribution in [3.8, 4) is 11.6 Å². The van der Waals surface area contributed by atoms with E-state index in [-0.39, 0.29) is 10.8 Å². The van der Waals surface area contributed by atoms with E-state index in [9.17, 15) is 4.39 Å². The van der Waals surface area contributed by atoms with Crippen LogP contribution in [-0.2, 0) is 0 Å². The molecule has 0 fully saturated rings. The number of thiocarbonyl (C=S) groups is 1. The monoisotopic (exact) mass is 354 g/mol. The quantitative estimate of drug-likeness (QED) is 0.845. The fourth-order valence-corrected chi connectivity index (χ4v) is 2.43. The Morgan fingerprint density at radius 2 is 2.05 bits per heavy atom. The summed E-state index contributed by atoms with van der Waals surface area (Å²) in [5.74, 6) is 0.419. The van der Waals surface area contributed by atoms with Crippen LogP contribution in [-0.4, -0.2) is 9.97 Å². The molecular formula is C14H12BrFN2OS. The maximum absolute atomic E-state index is 13.2. The number of pyridine rings is 1. The minimum Gasteiger partial charge on any atom is -0.438 e. The summed E-state index contributed by atoms with van der Waals surface area (Å²) in [5, 5.41) is 0. The molecule has 0 radical (unpaired) electrons. The third-order valence-corrected chi connectivity index (χ3v) is 3.48. The minimum atomic E-state index is -0.361. The van der Waals surface area contributed by atoms with E-state index >= 15 is 0 Å². The first-order chi connectivity index (χ1) is 9.38. The van der Waals surface area contributed by atoms with Crippen molar-refractivity contribution in [3.63, 3.8) is 0 Å². The fourth-order valence-electron chi connectivity index (χ4n) is 1.83. The van der Waals surface area contributed by atoms with Crippen molar-refractivity contribution in [3.05, 3.63) is 51.4 Å². The molecule has 0 unspecified atom stereocenters. The molecule has 2 rings (SSSR count). The standard InChI is InChI=1S/C14H12BrFN2OS/c1-7-5-8(2)18-14(12(7)13(17)20)19-9-3-4-11(16)10(15)6-9/h3-6H,1-2H3,(H2,17,20). The zero-order valence-electron chi connectivity index (χ0n) is 10.9. The molecular weight excluding hydrogens is 343 g/mol. The van der Waals surface area contributed by atoms with Crippen LogP contribution in [0, 0.1) is 19.7 Å². The van der Waals surface area contributed by atoms with Gasteiger partial charge in [0.25, 0.3) is 0 Å². The van der Waals surface area contributed by atoms with E-state index in [0.717, 1.165) is 11.3 Å². The van der Waals surface area contributed by atoms with E-state index in [2.05, 4.69) is 20.9 Å². The van der Waals surface area contributed by atoms with E-state index in [1.165, 1.54) is 18.2 Å². The number of nitrogens with two attached hydrogens (primary N) is 1. The highest BCUT2D eigenvalue weighted by Crippen LogP contribution is 2.29. The number of hydrogen-bond acceptors (Lipinski definition) is 3. The normalized spacial score (nSPS) is 10.4. The molecule has 0 bridgehead atoms. The number of halogens is 2. The Kier molecular flexibility index (Phi) is 4.35. The summed E-state index contributed by atoms with van der Waals surface area (Å²) < 4.78 is 19.2. The number of nitrogens with zero attached hydrogens (tertiary/aromatic N) is 1. The SMILES string of the molecule is Cc1cc(C)c(C(N)=S)c(Oc2ccc(F)c(Br)c2)n1. The van der Waals surface area contributed by atoms with Gasteiger partial charge in [-0.1, -0.05) is 12.2 Å².